The third-order valence-corrected chi connectivity index (χ3v) is 2.79. The van der Waals surface area contributed by atoms with Crippen LogP contribution in [0.15, 0.2) is 18.2 Å². The largest absolute Gasteiger partial charge is 0.496 e. The van der Waals surface area contributed by atoms with E-state index in [0.29, 0.717) is 19.3 Å². The predicted molar refractivity (Wildman–Crippen MR) is 70.0 cm³/mol. The van der Waals surface area contributed by atoms with Crippen molar-refractivity contribution in [2.75, 3.05) is 7.11 Å². The Bertz CT molecular complexity index is 339. The van der Waals surface area contributed by atoms with Crippen molar-refractivity contribution in [1.82, 2.24) is 0 Å². The Labute approximate surface area is 104 Å². The summed E-state index contributed by atoms with van der Waals surface area (Å²) in [5.74, 6) is 0.845. The summed E-state index contributed by atoms with van der Waals surface area (Å²) >= 11 is 0. The first-order valence-corrected chi connectivity index (χ1v) is 6.18. The molecule has 0 aliphatic rings. The molecule has 17 heavy (non-hydrogen) atoms. The number of hydrogen-bond donors (Lipinski definition) is 1. The zero-order valence-electron chi connectivity index (χ0n) is 11.0. The van der Waals surface area contributed by atoms with Gasteiger partial charge in [-0.05, 0) is 31.0 Å². The Morgan fingerprint density at radius 1 is 1.35 bits per heavy atom. The highest BCUT2D eigenvalue weighted by molar-refractivity contribution is 5.36. The van der Waals surface area contributed by atoms with Gasteiger partial charge in [-0.25, -0.2) is 0 Å². The summed E-state index contributed by atoms with van der Waals surface area (Å²) in [5, 5.41) is 0. The fourth-order valence-electron chi connectivity index (χ4n) is 1.81. The van der Waals surface area contributed by atoms with Gasteiger partial charge in [0.15, 0.2) is 0 Å². The van der Waals surface area contributed by atoms with E-state index in [4.69, 9.17) is 15.2 Å². The Balaban J connectivity index is 2.60. The first-order valence-electron chi connectivity index (χ1n) is 6.18. The molecule has 2 N–H and O–H groups in total. The summed E-state index contributed by atoms with van der Waals surface area (Å²) in [7, 11) is 1.66. The lowest BCUT2D eigenvalue weighted by Crippen LogP contribution is -2.08. The van der Waals surface area contributed by atoms with Gasteiger partial charge in [-0.15, -0.1) is 0 Å². The summed E-state index contributed by atoms with van der Waals surface area (Å²) in [6.07, 6.45) is 2.56. The molecule has 1 atom stereocenters. The first-order chi connectivity index (χ1) is 8.21. The predicted octanol–water partition coefficient (Wildman–Crippen LogP) is 2.86. The molecule has 1 aromatic rings. The molecule has 3 nitrogen and oxygen atoms in total. The molecule has 0 fully saturated rings. The Kier molecular flexibility index (Phi) is 6.01. The molecule has 0 radical (unpaired) electrons. The van der Waals surface area contributed by atoms with Crippen molar-refractivity contribution >= 4 is 0 Å². The number of methoxy groups -OCH3 is 1. The number of ether oxygens (including phenoxy) is 2. The van der Waals surface area contributed by atoms with Crippen LogP contribution >= 0.6 is 0 Å². The van der Waals surface area contributed by atoms with Crippen molar-refractivity contribution in [2.24, 2.45) is 5.73 Å². The highest BCUT2D eigenvalue weighted by atomic mass is 16.5. The molecular weight excluding hydrogens is 214 g/mol. The highest BCUT2D eigenvalue weighted by Gasteiger charge is 2.05. The van der Waals surface area contributed by atoms with Gasteiger partial charge in [0.25, 0.3) is 0 Å². The Morgan fingerprint density at radius 2 is 2.12 bits per heavy atom. The van der Waals surface area contributed by atoms with Crippen LogP contribution in [0.2, 0.25) is 0 Å². The van der Waals surface area contributed by atoms with Gasteiger partial charge in [0.1, 0.15) is 5.75 Å². The van der Waals surface area contributed by atoms with Gasteiger partial charge < -0.3 is 15.2 Å². The van der Waals surface area contributed by atoms with Crippen molar-refractivity contribution < 1.29 is 9.47 Å². The van der Waals surface area contributed by atoms with Gasteiger partial charge >= 0.3 is 0 Å². The molecule has 1 rings (SSSR count). The van der Waals surface area contributed by atoms with Crippen LogP contribution in [-0.2, 0) is 17.9 Å². The maximum Gasteiger partial charge on any atom is 0.123 e. The lowest BCUT2D eigenvalue weighted by atomic mass is 10.1. The van der Waals surface area contributed by atoms with Crippen molar-refractivity contribution in [2.45, 2.75) is 45.9 Å². The molecule has 3 heteroatoms. The molecule has 1 aromatic carbocycles. The second-order valence-corrected chi connectivity index (χ2v) is 4.26. The van der Waals surface area contributed by atoms with Crippen LogP contribution < -0.4 is 10.5 Å². The Morgan fingerprint density at radius 3 is 2.71 bits per heavy atom. The molecule has 0 aromatic heterocycles. The number of hydrogen-bond acceptors (Lipinski definition) is 3. The average Bonchev–Trinajstić information content (AvgIpc) is 2.36. The monoisotopic (exact) mass is 237 g/mol. The quantitative estimate of drug-likeness (QED) is 0.793. The van der Waals surface area contributed by atoms with Crippen molar-refractivity contribution in [3.63, 3.8) is 0 Å². The average molecular weight is 237 g/mol. The van der Waals surface area contributed by atoms with Gasteiger partial charge in [-0.3, -0.25) is 0 Å². The zero-order valence-corrected chi connectivity index (χ0v) is 11.0. The van der Waals surface area contributed by atoms with Crippen LogP contribution in [-0.4, -0.2) is 13.2 Å². The van der Waals surface area contributed by atoms with E-state index in [1.165, 1.54) is 0 Å². The van der Waals surface area contributed by atoms with Gasteiger partial charge in [0.05, 0.1) is 19.8 Å². The minimum atomic E-state index is 0.309. The van der Waals surface area contributed by atoms with Gasteiger partial charge in [-0.2, -0.15) is 0 Å². The van der Waals surface area contributed by atoms with E-state index < -0.39 is 0 Å². The van der Waals surface area contributed by atoms with Crippen LogP contribution in [0.4, 0.5) is 0 Å². The molecular formula is C14H23NO2. The molecule has 0 spiro atoms. The zero-order chi connectivity index (χ0) is 12.7. The maximum absolute atomic E-state index is 5.76. The second kappa shape index (κ2) is 7.30. The molecule has 96 valence electrons. The van der Waals surface area contributed by atoms with E-state index in [2.05, 4.69) is 19.9 Å². The molecule has 0 aliphatic carbocycles. The van der Waals surface area contributed by atoms with Gasteiger partial charge in [0.2, 0.25) is 0 Å². The second-order valence-electron chi connectivity index (χ2n) is 4.26. The molecule has 0 amide bonds. The number of benzene rings is 1. The highest BCUT2D eigenvalue weighted by Crippen LogP contribution is 2.20. The van der Waals surface area contributed by atoms with E-state index in [0.717, 1.165) is 29.7 Å². The fraction of sp³-hybridized carbons (Fsp3) is 0.571. The van der Waals surface area contributed by atoms with Crippen LogP contribution in [0, 0.1) is 0 Å². The van der Waals surface area contributed by atoms with Gasteiger partial charge in [0, 0.05) is 12.1 Å². The smallest absolute Gasteiger partial charge is 0.123 e. The summed E-state index contributed by atoms with van der Waals surface area (Å²) in [6, 6.07) is 6.03. The van der Waals surface area contributed by atoms with Crippen molar-refractivity contribution in [3.05, 3.63) is 29.3 Å². The third kappa shape index (κ3) is 4.36. The first kappa shape index (κ1) is 14.0. The normalized spacial score (nSPS) is 12.5. The van der Waals surface area contributed by atoms with Crippen LogP contribution in [0.5, 0.6) is 5.75 Å². The summed E-state index contributed by atoms with van der Waals surface area (Å²) in [4.78, 5) is 0. The number of rotatable bonds is 7. The Hall–Kier alpha value is -1.06. The minimum Gasteiger partial charge on any atom is -0.496 e. The third-order valence-electron chi connectivity index (χ3n) is 2.79. The minimum absolute atomic E-state index is 0.309. The van der Waals surface area contributed by atoms with Crippen LogP contribution in [0.1, 0.15) is 37.8 Å². The van der Waals surface area contributed by atoms with E-state index in [-0.39, 0.29) is 0 Å². The standard InChI is InChI=1S/C14H23NO2/c1-4-5-11(2)17-10-12-6-7-14(16-3)13(8-12)9-15/h6-8,11H,4-5,9-10,15H2,1-3H3. The molecule has 0 heterocycles. The van der Waals surface area contributed by atoms with Crippen molar-refractivity contribution in [1.29, 1.82) is 0 Å². The lowest BCUT2D eigenvalue weighted by Gasteiger charge is -2.13. The molecule has 0 saturated heterocycles. The summed E-state index contributed by atoms with van der Waals surface area (Å²) in [6.45, 7) is 5.40. The molecule has 0 bridgehead atoms. The maximum atomic E-state index is 5.76. The van der Waals surface area contributed by atoms with E-state index >= 15 is 0 Å². The van der Waals surface area contributed by atoms with Gasteiger partial charge in [-0.1, -0.05) is 19.4 Å². The fourth-order valence-corrected chi connectivity index (χ4v) is 1.81. The van der Waals surface area contributed by atoms with Crippen LogP contribution in [0.25, 0.3) is 0 Å². The summed E-state index contributed by atoms with van der Waals surface area (Å²) < 4.78 is 11.0. The molecule has 1 unspecified atom stereocenters. The number of nitrogens with two attached hydrogens (primary N) is 1. The van der Waals surface area contributed by atoms with E-state index in [1.807, 2.05) is 12.1 Å². The topological polar surface area (TPSA) is 44.5 Å². The molecule has 0 saturated carbocycles. The SMILES string of the molecule is CCCC(C)OCc1ccc(OC)c(CN)c1. The summed E-state index contributed by atoms with van der Waals surface area (Å²) in [5.41, 5.74) is 7.85. The van der Waals surface area contributed by atoms with Crippen LogP contribution in [0.3, 0.4) is 0 Å². The van der Waals surface area contributed by atoms with E-state index in [9.17, 15) is 0 Å². The van der Waals surface area contributed by atoms with E-state index in [1.54, 1.807) is 7.11 Å². The lowest BCUT2D eigenvalue weighted by molar-refractivity contribution is 0.0471. The van der Waals surface area contributed by atoms with Crippen molar-refractivity contribution in [3.8, 4) is 5.75 Å². The molecule has 0 aliphatic heterocycles.